The molecule has 0 radical (unpaired) electrons. The number of para-hydroxylation sites is 1. The second-order valence-corrected chi connectivity index (χ2v) is 5.39. The number of rotatable bonds is 0. The zero-order chi connectivity index (χ0) is 11.1. The fourth-order valence-corrected chi connectivity index (χ4v) is 1.57. The topological polar surface area (TPSA) is 38.3 Å². The van der Waals surface area contributed by atoms with Crippen molar-refractivity contribution in [2.75, 3.05) is 5.32 Å². The number of hydrogen-bond donors (Lipinski definition) is 1. The van der Waals surface area contributed by atoms with E-state index in [4.69, 9.17) is 39.5 Å². The predicted octanol–water partition coefficient (Wildman–Crippen LogP) is 2.97. The van der Waals surface area contributed by atoms with E-state index in [0.29, 0.717) is 11.3 Å². The average Bonchev–Trinajstić information content (AvgIpc) is 2.16. The van der Waals surface area contributed by atoms with Crippen LogP contribution in [-0.2, 0) is 4.74 Å². The van der Waals surface area contributed by atoms with Gasteiger partial charge < -0.3 is 10.1 Å². The molecule has 0 bridgehead atoms. The smallest absolute Gasteiger partial charge is 0.342 e. The Morgan fingerprint density at radius 1 is 1.27 bits per heavy atom. The predicted molar refractivity (Wildman–Crippen MR) is 59.6 cm³/mol. The van der Waals surface area contributed by atoms with Crippen LogP contribution in [0.4, 0.5) is 5.69 Å². The lowest BCUT2D eigenvalue weighted by atomic mass is 10.1. The van der Waals surface area contributed by atoms with Crippen LogP contribution in [0, 0.1) is 0 Å². The number of carbonyl (C=O) groups is 1. The van der Waals surface area contributed by atoms with Crippen molar-refractivity contribution in [3.63, 3.8) is 0 Å². The van der Waals surface area contributed by atoms with E-state index in [1.54, 1.807) is 24.3 Å². The van der Waals surface area contributed by atoms with E-state index in [0.717, 1.165) is 0 Å². The molecule has 3 nitrogen and oxygen atoms in total. The largest absolute Gasteiger partial charge is 0.433 e. The Morgan fingerprint density at radius 2 is 1.93 bits per heavy atom. The number of esters is 1. The van der Waals surface area contributed by atoms with Crippen molar-refractivity contribution in [2.45, 2.75) is 10.0 Å². The summed E-state index contributed by atoms with van der Waals surface area (Å²) in [6.07, 6.45) is -0.968. The second kappa shape index (κ2) is 3.74. The minimum Gasteiger partial charge on any atom is -0.433 e. The highest BCUT2D eigenvalue weighted by Gasteiger charge is 2.39. The summed E-state index contributed by atoms with van der Waals surface area (Å²) >= 11 is 16.9. The van der Waals surface area contributed by atoms with Crippen molar-refractivity contribution >= 4 is 46.5 Å². The maximum absolute atomic E-state index is 11.5. The molecular formula is C9H6Cl3NO2. The van der Waals surface area contributed by atoms with Gasteiger partial charge in [-0.25, -0.2) is 4.79 Å². The molecule has 2 rings (SSSR count). The van der Waals surface area contributed by atoms with Gasteiger partial charge in [-0.3, -0.25) is 0 Å². The number of nitrogens with one attached hydrogen (secondary N) is 1. The Balaban J connectivity index is 2.35. The van der Waals surface area contributed by atoms with Gasteiger partial charge in [-0.2, -0.15) is 0 Å². The van der Waals surface area contributed by atoms with E-state index in [9.17, 15) is 4.79 Å². The van der Waals surface area contributed by atoms with E-state index >= 15 is 0 Å². The lowest BCUT2D eigenvalue weighted by Gasteiger charge is -2.30. The summed E-state index contributed by atoms with van der Waals surface area (Å²) in [4.78, 5) is 11.5. The maximum Gasteiger partial charge on any atom is 0.342 e. The Bertz CT molecular complexity index is 403. The standard InChI is InChI=1S/C9H6Cl3NO2/c10-9(11,12)8-13-6-4-2-1-3-5(6)7(14)15-8/h1-4,8,13H. The molecule has 1 N–H and O–H groups in total. The molecule has 1 aliphatic heterocycles. The minimum atomic E-state index is -1.69. The van der Waals surface area contributed by atoms with Crippen LogP contribution in [0.2, 0.25) is 0 Å². The molecule has 1 aromatic rings. The summed E-state index contributed by atoms with van der Waals surface area (Å²) in [5.41, 5.74) is 1.04. The van der Waals surface area contributed by atoms with Crippen LogP contribution in [0.5, 0.6) is 0 Å². The van der Waals surface area contributed by atoms with Crippen LogP contribution in [0.1, 0.15) is 10.4 Å². The summed E-state index contributed by atoms with van der Waals surface area (Å²) in [6.45, 7) is 0. The molecule has 0 saturated heterocycles. The summed E-state index contributed by atoms with van der Waals surface area (Å²) in [7, 11) is 0. The van der Waals surface area contributed by atoms with E-state index in [2.05, 4.69) is 5.32 Å². The average molecular weight is 267 g/mol. The fraction of sp³-hybridized carbons (Fsp3) is 0.222. The van der Waals surface area contributed by atoms with Crippen molar-refractivity contribution in [2.24, 2.45) is 0 Å². The first-order valence-corrected chi connectivity index (χ1v) is 5.25. The third kappa shape index (κ3) is 2.14. The van der Waals surface area contributed by atoms with E-state index in [1.165, 1.54) is 0 Å². The molecule has 1 aromatic carbocycles. The van der Waals surface area contributed by atoms with Crippen LogP contribution >= 0.6 is 34.8 Å². The molecule has 0 spiro atoms. The monoisotopic (exact) mass is 265 g/mol. The molecule has 1 unspecified atom stereocenters. The maximum atomic E-state index is 11.5. The highest BCUT2D eigenvalue weighted by molar-refractivity contribution is 6.68. The van der Waals surface area contributed by atoms with Gasteiger partial charge in [0.25, 0.3) is 0 Å². The Hall–Kier alpha value is -0.640. The molecule has 0 amide bonds. The van der Waals surface area contributed by atoms with Gasteiger partial charge in [0.15, 0.2) is 0 Å². The van der Waals surface area contributed by atoms with Crippen LogP contribution < -0.4 is 5.32 Å². The molecule has 80 valence electrons. The van der Waals surface area contributed by atoms with E-state index in [1.807, 2.05) is 0 Å². The van der Waals surface area contributed by atoms with Crippen LogP contribution in [-0.4, -0.2) is 16.0 Å². The van der Waals surface area contributed by atoms with Crippen molar-refractivity contribution < 1.29 is 9.53 Å². The number of anilines is 1. The van der Waals surface area contributed by atoms with Crippen molar-refractivity contribution in [1.29, 1.82) is 0 Å². The molecule has 0 saturated carbocycles. The normalized spacial score (nSPS) is 20.2. The first-order valence-electron chi connectivity index (χ1n) is 4.12. The lowest BCUT2D eigenvalue weighted by molar-refractivity contribution is 0.0341. The molecule has 0 aromatic heterocycles. The summed E-state index contributed by atoms with van der Waals surface area (Å²) < 4.78 is 3.24. The molecule has 6 heteroatoms. The highest BCUT2D eigenvalue weighted by atomic mass is 35.6. The van der Waals surface area contributed by atoms with Crippen LogP contribution in [0.25, 0.3) is 0 Å². The van der Waals surface area contributed by atoms with E-state index < -0.39 is 16.0 Å². The van der Waals surface area contributed by atoms with Gasteiger partial charge in [-0.15, -0.1) is 0 Å². The Labute approximate surface area is 101 Å². The number of hydrogen-bond acceptors (Lipinski definition) is 3. The Kier molecular flexibility index (Phi) is 2.71. The number of fused-ring (bicyclic) bond motifs is 1. The van der Waals surface area contributed by atoms with Crippen molar-refractivity contribution in [3.05, 3.63) is 29.8 Å². The zero-order valence-corrected chi connectivity index (χ0v) is 9.60. The first kappa shape index (κ1) is 10.9. The molecule has 1 heterocycles. The lowest BCUT2D eigenvalue weighted by Crippen LogP contribution is -2.41. The summed E-state index contributed by atoms with van der Waals surface area (Å²) in [5.74, 6) is -0.499. The quantitative estimate of drug-likeness (QED) is 0.579. The zero-order valence-electron chi connectivity index (χ0n) is 7.34. The van der Waals surface area contributed by atoms with E-state index in [-0.39, 0.29) is 0 Å². The molecule has 1 aliphatic rings. The van der Waals surface area contributed by atoms with Crippen molar-refractivity contribution in [3.8, 4) is 0 Å². The van der Waals surface area contributed by atoms with Gasteiger partial charge in [0, 0.05) is 0 Å². The molecule has 0 aliphatic carbocycles. The number of alkyl halides is 3. The summed E-state index contributed by atoms with van der Waals surface area (Å²) in [5, 5.41) is 2.83. The number of cyclic esters (lactones) is 1. The summed E-state index contributed by atoms with van der Waals surface area (Å²) in [6, 6.07) is 6.87. The van der Waals surface area contributed by atoms with Gasteiger partial charge in [0.1, 0.15) is 0 Å². The number of carbonyl (C=O) groups excluding carboxylic acids is 1. The number of ether oxygens (including phenoxy) is 1. The van der Waals surface area contributed by atoms with Crippen LogP contribution in [0.15, 0.2) is 24.3 Å². The molecular weight excluding hydrogens is 260 g/mol. The number of halogens is 3. The minimum absolute atomic E-state index is 0.433. The van der Waals surface area contributed by atoms with Crippen LogP contribution in [0.3, 0.4) is 0 Å². The van der Waals surface area contributed by atoms with Crippen molar-refractivity contribution in [1.82, 2.24) is 0 Å². The second-order valence-electron chi connectivity index (χ2n) is 3.02. The van der Waals surface area contributed by atoms with Gasteiger partial charge in [-0.1, -0.05) is 46.9 Å². The molecule has 1 atom stereocenters. The van der Waals surface area contributed by atoms with Gasteiger partial charge >= 0.3 is 5.97 Å². The third-order valence-corrected chi connectivity index (χ3v) is 2.55. The Morgan fingerprint density at radius 3 is 2.60 bits per heavy atom. The SMILES string of the molecule is O=C1OC(C(Cl)(Cl)Cl)Nc2ccccc21. The fourth-order valence-electron chi connectivity index (χ4n) is 1.28. The van der Waals surface area contributed by atoms with Gasteiger partial charge in [0.2, 0.25) is 10.0 Å². The third-order valence-electron chi connectivity index (χ3n) is 1.96. The molecule has 15 heavy (non-hydrogen) atoms. The van der Waals surface area contributed by atoms with Gasteiger partial charge in [-0.05, 0) is 12.1 Å². The number of benzene rings is 1. The molecule has 0 fully saturated rings. The highest BCUT2D eigenvalue weighted by Crippen LogP contribution is 2.36. The first-order chi connectivity index (χ1) is 6.98. The van der Waals surface area contributed by atoms with Gasteiger partial charge in [0.05, 0.1) is 11.3 Å².